The van der Waals surface area contributed by atoms with E-state index in [1.165, 1.54) is 0 Å². The molecule has 0 aromatic rings. The van der Waals surface area contributed by atoms with Crippen molar-refractivity contribution >= 4 is 11.8 Å². The summed E-state index contributed by atoms with van der Waals surface area (Å²) in [5, 5.41) is 2.91. The number of amides is 2. The van der Waals surface area contributed by atoms with Crippen LogP contribution in [-0.2, 0) is 19.1 Å². The minimum Gasteiger partial charge on any atom is -0.368 e. The third-order valence-electron chi connectivity index (χ3n) is 4.27. The maximum absolute atomic E-state index is 12.4. The summed E-state index contributed by atoms with van der Waals surface area (Å²) in [6.45, 7) is 4.06. The van der Waals surface area contributed by atoms with Gasteiger partial charge in [-0.2, -0.15) is 0 Å². The van der Waals surface area contributed by atoms with Gasteiger partial charge in [-0.1, -0.05) is 6.92 Å². The number of hydrogen-bond acceptors (Lipinski definition) is 4. The largest absolute Gasteiger partial charge is 0.368 e. The van der Waals surface area contributed by atoms with Crippen molar-refractivity contribution in [1.82, 2.24) is 10.2 Å². The number of piperidine rings is 1. The van der Waals surface area contributed by atoms with Crippen molar-refractivity contribution in [2.24, 2.45) is 5.92 Å². The Morgan fingerprint density at radius 3 is 2.95 bits per heavy atom. The highest BCUT2D eigenvalue weighted by molar-refractivity contribution is 5.82. The lowest BCUT2D eigenvalue weighted by Crippen LogP contribution is -2.62. The van der Waals surface area contributed by atoms with E-state index in [2.05, 4.69) is 5.32 Å². The number of rotatable bonds is 1. The van der Waals surface area contributed by atoms with E-state index in [4.69, 9.17) is 9.47 Å². The summed E-state index contributed by atoms with van der Waals surface area (Å²) in [4.78, 5) is 25.6. The molecule has 4 atom stereocenters. The molecule has 1 N–H and O–H groups in total. The smallest absolute Gasteiger partial charge is 0.252 e. The molecule has 3 heterocycles. The summed E-state index contributed by atoms with van der Waals surface area (Å²) in [7, 11) is 0. The molecule has 106 valence electrons. The first-order chi connectivity index (χ1) is 9.15. The molecule has 0 bridgehead atoms. The Kier molecular flexibility index (Phi) is 3.45. The molecule has 0 saturated carbocycles. The van der Waals surface area contributed by atoms with E-state index in [0.29, 0.717) is 19.7 Å². The van der Waals surface area contributed by atoms with E-state index in [0.717, 1.165) is 12.8 Å². The predicted octanol–water partition coefficient (Wildman–Crippen LogP) is -0.473. The van der Waals surface area contributed by atoms with E-state index in [-0.39, 0.29) is 42.6 Å². The molecule has 19 heavy (non-hydrogen) atoms. The molecule has 0 aliphatic carbocycles. The number of nitrogens with one attached hydrogen (secondary N) is 1. The number of morpholine rings is 1. The van der Waals surface area contributed by atoms with Gasteiger partial charge in [0.15, 0.2) is 0 Å². The molecule has 0 radical (unpaired) electrons. The van der Waals surface area contributed by atoms with Crippen LogP contribution >= 0.6 is 0 Å². The summed E-state index contributed by atoms with van der Waals surface area (Å²) in [6, 6.07) is -0.0735. The van der Waals surface area contributed by atoms with E-state index >= 15 is 0 Å². The van der Waals surface area contributed by atoms with E-state index in [1.807, 2.05) is 11.8 Å². The standard InChI is InChI=1S/C13H20N2O4/c1-8-3-5-18-12(8)13(17)15-4-2-10-9(6-15)14-11(16)7-19-10/h8-10,12H,2-7H2,1H3,(H,14,16)/t8-,9+,10-,12+/m1/s1. The van der Waals surface area contributed by atoms with Gasteiger partial charge in [0, 0.05) is 19.7 Å². The fraction of sp³-hybridized carbons (Fsp3) is 0.846. The third kappa shape index (κ3) is 2.47. The number of fused-ring (bicyclic) bond motifs is 1. The number of carbonyl (C=O) groups is 2. The van der Waals surface area contributed by atoms with Gasteiger partial charge in [-0.3, -0.25) is 9.59 Å². The van der Waals surface area contributed by atoms with E-state index in [1.54, 1.807) is 0 Å². The molecular formula is C13H20N2O4. The molecule has 6 nitrogen and oxygen atoms in total. The number of carbonyl (C=O) groups excluding carboxylic acids is 2. The highest BCUT2D eigenvalue weighted by atomic mass is 16.5. The van der Waals surface area contributed by atoms with Crippen LogP contribution in [-0.4, -0.2) is 61.3 Å². The normalized spacial score (nSPS) is 38.8. The first kappa shape index (κ1) is 12.9. The summed E-state index contributed by atoms with van der Waals surface area (Å²) in [6.07, 6.45) is 1.45. The average molecular weight is 268 g/mol. The van der Waals surface area contributed by atoms with Crippen molar-refractivity contribution < 1.29 is 19.1 Å². The van der Waals surface area contributed by atoms with Gasteiger partial charge in [0.25, 0.3) is 5.91 Å². The molecule has 0 spiro atoms. The minimum absolute atomic E-state index is 0.0451. The van der Waals surface area contributed by atoms with Crippen LogP contribution in [0.1, 0.15) is 19.8 Å². The molecule has 3 saturated heterocycles. The van der Waals surface area contributed by atoms with Gasteiger partial charge in [0.05, 0.1) is 12.1 Å². The molecule has 3 aliphatic heterocycles. The average Bonchev–Trinajstić information content (AvgIpc) is 2.83. The van der Waals surface area contributed by atoms with Gasteiger partial charge in [-0.15, -0.1) is 0 Å². The van der Waals surface area contributed by atoms with Gasteiger partial charge in [-0.25, -0.2) is 0 Å². The lowest BCUT2D eigenvalue weighted by Gasteiger charge is -2.41. The highest BCUT2D eigenvalue weighted by Crippen LogP contribution is 2.24. The quantitative estimate of drug-likeness (QED) is 0.698. The van der Waals surface area contributed by atoms with Gasteiger partial charge in [0.2, 0.25) is 5.91 Å². The summed E-state index contributed by atoms with van der Waals surface area (Å²) in [5.74, 6) is 0.242. The maximum Gasteiger partial charge on any atom is 0.252 e. The fourth-order valence-corrected chi connectivity index (χ4v) is 3.09. The summed E-state index contributed by atoms with van der Waals surface area (Å²) < 4.78 is 11.0. The number of hydrogen-bond donors (Lipinski definition) is 1. The van der Waals surface area contributed by atoms with Crippen molar-refractivity contribution in [1.29, 1.82) is 0 Å². The van der Waals surface area contributed by atoms with Gasteiger partial charge >= 0.3 is 0 Å². The number of nitrogens with zero attached hydrogens (tertiary/aromatic N) is 1. The Hall–Kier alpha value is -1.14. The Morgan fingerprint density at radius 1 is 1.37 bits per heavy atom. The second kappa shape index (κ2) is 5.09. The first-order valence-corrected chi connectivity index (χ1v) is 6.96. The Balaban J connectivity index is 1.63. The molecule has 3 fully saturated rings. The minimum atomic E-state index is -0.309. The van der Waals surface area contributed by atoms with Crippen LogP contribution in [0, 0.1) is 5.92 Å². The molecule has 3 aliphatic rings. The third-order valence-corrected chi connectivity index (χ3v) is 4.27. The van der Waals surface area contributed by atoms with Crippen molar-refractivity contribution in [2.75, 3.05) is 26.3 Å². The fourth-order valence-electron chi connectivity index (χ4n) is 3.09. The van der Waals surface area contributed by atoms with Crippen LogP contribution in [0.2, 0.25) is 0 Å². The summed E-state index contributed by atoms with van der Waals surface area (Å²) >= 11 is 0. The van der Waals surface area contributed by atoms with E-state index in [9.17, 15) is 9.59 Å². The topological polar surface area (TPSA) is 67.9 Å². The van der Waals surface area contributed by atoms with Crippen molar-refractivity contribution in [2.45, 2.75) is 38.0 Å². The van der Waals surface area contributed by atoms with Crippen LogP contribution in [0.3, 0.4) is 0 Å². The Labute approximate surface area is 112 Å². The lowest BCUT2D eigenvalue weighted by atomic mass is 9.98. The first-order valence-electron chi connectivity index (χ1n) is 6.96. The van der Waals surface area contributed by atoms with E-state index < -0.39 is 0 Å². The van der Waals surface area contributed by atoms with Crippen LogP contribution < -0.4 is 5.32 Å². The second-order valence-corrected chi connectivity index (χ2v) is 5.65. The molecule has 0 aromatic carbocycles. The maximum atomic E-state index is 12.4. The monoisotopic (exact) mass is 268 g/mol. The van der Waals surface area contributed by atoms with Crippen LogP contribution in [0.15, 0.2) is 0 Å². The van der Waals surface area contributed by atoms with Gasteiger partial charge < -0.3 is 19.7 Å². The van der Waals surface area contributed by atoms with Gasteiger partial charge in [-0.05, 0) is 18.8 Å². The van der Waals surface area contributed by atoms with Crippen LogP contribution in [0.25, 0.3) is 0 Å². The molecule has 6 heteroatoms. The lowest BCUT2D eigenvalue weighted by molar-refractivity contribution is -0.152. The van der Waals surface area contributed by atoms with Gasteiger partial charge in [0.1, 0.15) is 12.7 Å². The number of ether oxygens (including phenoxy) is 2. The Bertz CT molecular complexity index is 387. The molecular weight excluding hydrogens is 248 g/mol. The summed E-state index contributed by atoms with van der Waals surface area (Å²) in [5.41, 5.74) is 0. The Morgan fingerprint density at radius 2 is 2.21 bits per heavy atom. The predicted molar refractivity (Wildman–Crippen MR) is 66.4 cm³/mol. The van der Waals surface area contributed by atoms with Crippen molar-refractivity contribution in [3.8, 4) is 0 Å². The zero-order chi connectivity index (χ0) is 13.4. The molecule has 3 rings (SSSR count). The number of likely N-dealkylation sites (tertiary alicyclic amines) is 1. The highest BCUT2D eigenvalue weighted by Gasteiger charge is 2.40. The van der Waals surface area contributed by atoms with Crippen LogP contribution in [0.5, 0.6) is 0 Å². The zero-order valence-electron chi connectivity index (χ0n) is 11.1. The van der Waals surface area contributed by atoms with Crippen molar-refractivity contribution in [3.05, 3.63) is 0 Å². The molecule has 0 unspecified atom stereocenters. The van der Waals surface area contributed by atoms with Crippen molar-refractivity contribution in [3.63, 3.8) is 0 Å². The second-order valence-electron chi connectivity index (χ2n) is 5.65. The molecule has 0 aromatic heterocycles. The SMILES string of the molecule is C[C@@H]1CCO[C@@H]1C(=O)N1CC[C@H]2OCC(=O)N[C@H]2C1. The van der Waals surface area contributed by atoms with Crippen LogP contribution in [0.4, 0.5) is 0 Å². The zero-order valence-corrected chi connectivity index (χ0v) is 11.1. The molecule has 2 amide bonds.